The van der Waals surface area contributed by atoms with Crippen LogP contribution in [0.15, 0.2) is 0 Å². The van der Waals surface area contributed by atoms with Crippen LogP contribution in [0, 0.1) is 0 Å². The SMILES string of the molecule is CCCCCCCCCCCCCCCCCCCC[N+](C)(C)CC(=O)O.[Br-]. The summed E-state index contributed by atoms with van der Waals surface area (Å²) in [4.78, 5) is 10.8. The number of carboxylic acids is 1. The zero-order valence-electron chi connectivity index (χ0n) is 19.3. The fourth-order valence-corrected chi connectivity index (χ4v) is 3.89. The van der Waals surface area contributed by atoms with Gasteiger partial charge in [-0.15, -0.1) is 0 Å². The van der Waals surface area contributed by atoms with E-state index in [1.54, 1.807) is 0 Å². The van der Waals surface area contributed by atoms with Gasteiger partial charge >= 0.3 is 5.97 Å². The zero-order chi connectivity index (χ0) is 20.2. The molecule has 0 atom stereocenters. The van der Waals surface area contributed by atoms with Gasteiger partial charge in [-0.1, -0.05) is 110 Å². The van der Waals surface area contributed by atoms with Crippen molar-refractivity contribution >= 4 is 5.97 Å². The van der Waals surface area contributed by atoms with Crippen molar-refractivity contribution in [2.45, 2.75) is 122 Å². The van der Waals surface area contributed by atoms with Gasteiger partial charge in [-0.2, -0.15) is 0 Å². The summed E-state index contributed by atoms with van der Waals surface area (Å²) < 4.78 is 0.605. The quantitative estimate of drug-likeness (QED) is 0.204. The molecular weight excluding hydrogens is 414 g/mol. The van der Waals surface area contributed by atoms with E-state index in [0.29, 0.717) is 4.48 Å². The molecule has 0 heterocycles. The van der Waals surface area contributed by atoms with Crippen molar-refractivity contribution < 1.29 is 31.4 Å². The molecule has 0 radical (unpaired) electrons. The van der Waals surface area contributed by atoms with Crippen LogP contribution in [-0.4, -0.2) is 42.7 Å². The van der Waals surface area contributed by atoms with Crippen molar-refractivity contribution in [3.05, 3.63) is 0 Å². The van der Waals surface area contributed by atoms with E-state index >= 15 is 0 Å². The Hall–Kier alpha value is -0.0900. The van der Waals surface area contributed by atoms with E-state index < -0.39 is 5.97 Å². The highest BCUT2D eigenvalue weighted by Gasteiger charge is 2.18. The minimum atomic E-state index is -0.692. The number of carbonyl (C=O) groups is 1. The largest absolute Gasteiger partial charge is 1.00 e. The fraction of sp³-hybridized carbons (Fsp3) is 0.958. The normalized spacial score (nSPS) is 11.4. The minimum absolute atomic E-state index is 0. The van der Waals surface area contributed by atoms with Gasteiger partial charge in [-0.05, 0) is 12.8 Å². The lowest BCUT2D eigenvalue weighted by atomic mass is 10.0. The van der Waals surface area contributed by atoms with Gasteiger partial charge in [0.05, 0.1) is 20.6 Å². The van der Waals surface area contributed by atoms with Crippen molar-refractivity contribution in [2.75, 3.05) is 27.2 Å². The average Bonchev–Trinajstić information content (AvgIpc) is 2.59. The highest BCUT2D eigenvalue weighted by atomic mass is 79.9. The Kier molecular flexibility index (Phi) is 23.2. The number of likely N-dealkylation sites (N-methyl/N-ethyl adjacent to an activating group) is 1. The molecule has 0 aliphatic rings. The first-order chi connectivity index (χ1) is 13.0. The smallest absolute Gasteiger partial charge is 0.359 e. The fourth-order valence-electron chi connectivity index (χ4n) is 3.89. The molecule has 1 N–H and O–H groups in total. The van der Waals surface area contributed by atoms with Crippen LogP contribution in [0.25, 0.3) is 0 Å². The Morgan fingerprint density at radius 3 is 1.18 bits per heavy atom. The minimum Gasteiger partial charge on any atom is -1.00 e. The molecule has 0 aromatic heterocycles. The maximum atomic E-state index is 10.8. The highest BCUT2D eigenvalue weighted by Crippen LogP contribution is 2.14. The van der Waals surface area contributed by atoms with E-state index in [4.69, 9.17) is 5.11 Å². The van der Waals surface area contributed by atoms with Crippen molar-refractivity contribution in [1.82, 2.24) is 0 Å². The van der Waals surface area contributed by atoms with Crippen LogP contribution in [0.5, 0.6) is 0 Å². The summed E-state index contributed by atoms with van der Waals surface area (Å²) in [6.45, 7) is 3.50. The van der Waals surface area contributed by atoms with Crippen molar-refractivity contribution in [1.29, 1.82) is 0 Å². The van der Waals surface area contributed by atoms with Crippen LogP contribution in [0.2, 0.25) is 0 Å². The molecule has 0 saturated heterocycles. The van der Waals surface area contributed by atoms with Gasteiger partial charge in [-0.25, -0.2) is 4.79 Å². The van der Waals surface area contributed by atoms with Crippen LogP contribution in [-0.2, 0) is 4.79 Å². The maximum Gasteiger partial charge on any atom is 0.359 e. The number of halogens is 1. The summed E-state index contributed by atoms with van der Waals surface area (Å²) >= 11 is 0. The number of aliphatic carboxylic acids is 1. The number of hydrogen-bond acceptors (Lipinski definition) is 1. The molecule has 0 aliphatic heterocycles. The third-order valence-corrected chi connectivity index (χ3v) is 5.68. The predicted octanol–water partition coefficient (Wildman–Crippen LogP) is 4.19. The second-order valence-corrected chi connectivity index (χ2v) is 9.22. The Labute approximate surface area is 187 Å². The Morgan fingerprint density at radius 1 is 0.607 bits per heavy atom. The number of carboxylic acid groups (broad SMARTS) is 1. The van der Waals surface area contributed by atoms with Gasteiger partial charge in [0.1, 0.15) is 0 Å². The lowest BCUT2D eigenvalue weighted by Crippen LogP contribution is -3.00. The van der Waals surface area contributed by atoms with Gasteiger partial charge < -0.3 is 26.6 Å². The molecule has 0 aromatic carbocycles. The first-order valence-corrected chi connectivity index (χ1v) is 12.0. The summed E-state index contributed by atoms with van der Waals surface area (Å²) in [6.07, 6.45) is 25.0. The van der Waals surface area contributed by atoms with E-state index in [0.717, 1.165) is 13.0 Å². The van der Waals surface area contributed by atoms with E-state index in [9.17, 15) is 4.79 Å². The molecule has 3 nitrogen and oxygen atoms in total. The molecule has 0 saturated carbocycles. The molecular formula is C24H50BrNO2. The second kappa shape index (κ2) is 21.6. The number of rotatable bonds is 21. The Morgan fingerprint density at radius 2 is 0.893 bits per heavy atom. The molecule has 0 fully saturated rings. The topological polar surface area (TPSA) is 37.3 Å². The van der Waals surface area contributed by atoms with Gasteiger partial charge in [0, 0.05) is 0 Å². The van der Waals surface area contributed by atoms with Crippen LogP contribution in [0.4, 0.5) is 0 Å². The molecule has 0 aliphatic carbocycles. The van der Waals surface area contributed by atoms with Crippen LogP contribution in [0.3, 0.4) is 0 Å². The predicted molar refractivity (Wildman–Crippen MR) is 118 cm³/mol. The summed E-state index contributed by atoms with van der Waals surface area (Å²) in [6, 6.07) is 0. The molecule has 170 valence electrons. The van der Waals surface area contributed by atoms with E-state index in [1.165, 1.54) is 109 Å². The van der Waals surface area contributed by atoms with E-state index in [1.807, 2.05) is 14.1 Å². The lowest BCUT2D eigenvalue weighted by Gasteiger charge is -2.27. The summed E-state index contributed by atoms with van der Waals surface area (Å²) in [5.74, 6) is -0.692. The molecule has 28 heavy (non-hydrogen) atoms. The zero-order valence-corrected chi connectivity index (χ0v) is 20.9. The molecule has 0 amide bonds. The number of unbranched alkanes of at least 4 members (excludes halogenated alkanes) is 17. The van der Waals surface area contributed by atoms with Crippen LogP contribution < -0.4 is 17.0 Å². The van der Waals surface area contributed by atoms with Crippen molar-refractivity contribution in [3.8, 4) is 0 Å². The van der Waals surface area contributed by atoms with Gasteiger partial charge in [0.25, 0.3) is 0 Å². The number of hydrogen-bond donors (Lipinski definition) is 1. The van der Waals surface area contributed by atoms with Gasteiger partial charge in [0.2, 0.25) is 0 Å². The molecule has 0 spiro atoms. The Balaban J connectivity index is 0. The second-order valence-electron chi connectivity index (χ2n) is 9.22. The molecule has 0 aromatic rings. The first kappa shape index (κ1) is 30.1. The van der Waals surface area contributed by atoms with Crippen molar-refractivity contribution in [2.24, 2.45) is 0 Å². The number of nitrogens with zero attached hydrogens (tertiary/aromatic N) is 1. The standard InChI is InChI=1S/C24H49NO2.BrH/c1-4-5-6-7-8-9-10-11-12-13-14-15-16-17-18-19-20-21-22-25(2,3)23-24(26)27;/h4-23H2,1-3H3;1H. The molecule has 4 heteroatoms. The van der Waals surface area contributed by atoms with Crippen LogP contribution >= 0.6 is 0 Å². The average molecular weight is 465 g/mol. The maximum absolute atomic E-state index is 10.8. The third kappa shape index (κ3) is 23.9. The third-order valence-electron chi connectivity index (χ3n) is 5.68. The highest BCUT2D eigenvalue weighted by molar-refractivity contribution is 5.67. The van der Waals surface area contributed by atoms with Gasteiger partial charge in [0.15, 0.2) is 6.54 Å². The summed E-state index contributed by atoms with van der Waals surface area (Å²) in [5, 5.41) is 8.88. The molecule has 0 bridgehead atoms. The Bertz CT molecular complexity index is 335. The van der Waals surface area contributed by atoms with Gasteiger partial charge in [-0.3, -0.25) is 0 Å². The summed E-state index contributed by atoms with van der Waals surface area (Å²) in [5.41, 5.74) is 0. The molecule has 0 unspecified atom stereocenters. The monoisotopic (exact) mass is 463 g/mol. The number of quaternary nitrogens is 1. The van der Waals surface area contributed by atoms with Crippen LogP contribution in [0.1, 0.15) is 122 Å². The summed E-state index contributed by atoms with van der Waals surface area (Å²) in [7, 11) is 4.03. The van der Waals surface area contributed by atoms with E-state index in [2.05, 4.69) is 6.92 Å². The van der Waals surface area contributed by atoms with E-state index in [-0.39, 0.29) is 23.5 Å². The first-order valence-electron chi connectivity index (χ1n) is 12.0. The molecule has 0 rings (SSSR count). The van der Waals surface area contributed by atoms with Crippen molar-refractivity contribution in [3.63, 3.8) is 0 Å². The lowest BCUT2D eigenvalue weighted by molar-refractivity contribution is -0.883.